The highest BCUT2D eigenvalue weighted by Gasteiger charge is 2.05. The Morgan fingerprint density at radius 2 is 2.00 bits per heavy atom. The molecule has 0 aromatic carbocycles. The molecule has 1 unspecified atom stereocenters. The minimum Gasteiger partial charge on any atom is -0.327 e. The van der Waals surface area contributed by atoms with Crippen molar-refractivity contribution in [2.75, 3.05) is 0 Å². The van der Waals surface area contributed by atoms with Crippen molar-refractivity contribution in [3.8, 4) is 0 Å². The van der Waals surface area contributed by atoms with Crippen LogP contribution in [-0.2, 0) is 20.0 Å². The number of aromatic nitrogens is 4. The minimum atomic E-state index is 0.228. The fourth-order valence-corrected chi connectivity index (χ4v) is 1.79. The molecule has 0 spiro atoms. The maximum Gasteiger partial charge on any atom is 0.0690 e. The lowest BCUT2D eigenvalue weighted by atomic mass is 10.1. The molecule has 5 heteroatoms. The summed E-state index contributed by atoms with van der Waals surface area (Å²) in [7, 11) is 1.91. The van der Waals surface area contributed by atoms with Crippen LogP contribution < -0.4 is 5.73 Å². The van der Waals surface area contributed by atoms with Gasteiger partial charge in [0, 0.05) is 31.0 Å². The molecule has 0 aliphatic carbocycles. The van der Waals surface area contributed by atoms with Crippen LogP contribution in [-0.4, -0.2) is 25.6 Å². The molecule has 2 aromatic rings. The molecule has 0 saturated heterocycles. The van der Waals surface area contributed by atoms with Crippen LogP contribution in [0.5, 0.6) is 0 Å². The number of hydrogen-bond acceptors (Lipinski definition) is 3. The topological polar surface area (TPSA) is 61.7 Å². The lowest BCUT2D eigenvalue weighted by Crippen LogP contribution is -2.21. The average molecular weight is 233 g/mol. The van der Waals surface area contributed by atoms with Crippen molar-refractivity contribution in [2.45, 2.75) is 32.4 Å². The van der Waals surface area contributed by atoms with Crippen LogP contribution in [0.2, 0.25) is 0 Å². The Hall–Kier alpha value is -1.62. The first-order valence-corrected chi connectivity index (χ1v) is 5.91. The molecule has 2 N–H and O–H groups in total. The molecule has 0 amide bonds. The third-order valence-electron chi connectivity index (χ3n) is 2.81. The van der Waals surface area contributed by atoms with E-state index in [0.29, 0.717) is 0 Å². The molecule has 5 nitrogen and oxygen atoms in total. The maximum absolute atomic E-state index is 5.92. The molecule has 0 bridgehead atoms. The Labute approximate surface area is 101 Å². The molecular formula is C12H19N5. The zero-order valence-electron chi connectivity index (χ0n) is 10.4. The van der Waals surface area contributed by atoms with Gasteiger partial charge in [0.1, 0.15) is 0 Å². The lowest BCUT2D eigenvalue weighted by Gasteiger charge is -2.05. The van der Waals surface area contributed by atoms with E-state index in [1.54, 1.807) is 4.68 Å². The molecular weight excluding hydrogens is 214 g/mol. The quantitative estimate of drug-likeness (QED) is 0.836. The van der Waals surface area contributed by atoms with Gasteiger partial charge < -0.3 is 5.73 Å². The number of rotatable bonds is 5. The SMILES string of the molecule is CCC(N)Cc1cnn(Cc2cnn(C)c2)c1. The zero-order valence-corrected chi connectivity index (χ0v) is 10.4. The van der Waals surface area contributed by atoms with Gasteiger partial charge in [-0.05, 0) is 18.4 Å². The molecule has 0 aliphatic rings. The summed E-state index contributed by atoms with van der Waals surface area (Å²) in [5.74, 6) is 0. The summed E-state index contributed by atoms with van der Waals surface area (Å²) in [6.45, 7) is 2.86. The molecule has 17 heavy (non-hydrogen) atoms. The molecule has 2 rings (SSSR count). The number of aryl methyl sites for hydroxylation is 1. The summed E-state index contributed by atoms with van der Waals surface area (Å²) in [6.07, 6.45) is 9.70. The monoisotopic (exact) mass is 233 g/mol. The van der Waals surface area contributed by atoms with Gasteiger partial charge in [-0.3, -0.25) is 9.36 Å². The van der Waals surface area contributed by atoms with Gasteiger partial charge in [0.25, 0.3) is 0 Å². The van der Waals surface area contributed by atoms with Gasteiger partial charge in [-0.25, -0.2) is 0 Å². The van der Waals surface area contributed by atoms with Crippen LogP contribution in [0, 0.1) is 0 Å². The summed E-state index contributed by atoms with van der Waals surface area (Å²) >= 11 is 0. The van der Waals surface area contributed by atoms with Crippen molar-refractivity contribution in [2.24, 2.45) is 12.8 Å². The maximum atomic E-state index is 5.92. The summed E-state index contributed by atoms with van der Waals surface area (Å²) in [5, 5.41) is 8.47. The van der Waals surface area contributed by atoms with E-state index in [2.05, 4.69) is 23.3 Å². The number of hydrogen-bond donors (Lipinski definition) is 1. The van der Waals surface area contributed by atoms with Crippen molar-refractivity contribution in [3.05, 3.63) is 35.9 Å². The van der Waals surface area contributed by atoms with Crippen LogP contribution in [0.1, 0.15) is 24.5 Å². The predicted octanol–water partition coefficient (Wildman–Crippen LogP) is 0.945. The van der Waals surface area contributed by atoms with Gasteiger partial charge in [-0.2, -0.15) is 10.2 Å². The highest BCUT2D eigenvalue weighted by molar-refractivity contribution is 5.09. The summed E-state index contributed by atoms with van der Waals surface area (Å²) in [4.78, 5) is 0. The van der Waals surface area contributed by atoms with Gasteiger partial charge in [0.15, 0.2) is 0 Å². The molecule has 0 aliphatic heterocycles. The van der Waals surface area contributed by atoms with E-state index >= 15 is 0 Å². The van der Waals surface area contributed by atoms with Crippen LogP contribution in [0.25, 0.3) is 0 Å². The lowest BCUT2D eigenvalue weighted by molar-refractivity contribution is 0.644. The van der Waals surface area contributed by atoms with Crippen LogP contribution in [0.4, 0.5) is 0 Å². The Kier molecular flexibility index (Phi) is 3.58. The van der Waals surface area contributed by atoms with Crippen molar-refractivity contribution in [1.29, 1.82) is 0 Å². The molecule has 0 saturated carbocycles. The first kappa shape index (κ1) is 11.9. The third-order valence-corrected chi connectivity index (χ3v) is 2.81. The fraction of sp³-hybridized carbons (Fsp3) is 0.500. The number of nitrogens with two attached hydrogens (primary N) is 1. The average Bonchev–Trinajstić information content (AvgIpc) is 2.89. The van der Waals surface area contributed by atoms with Gasteiger partial charge >= 0.3 is 0 Å². The smallest absolute Gasteiger partial charge is 0.0690 e. The Bertz CT molecular complexity index is 471. The second-order valence-corrected chi connectivity index (χ2v) is 4.44. The largest absolute Gasteiger partial charge is 0.327 e. The Balaban J connectivity index is 1.98. The highest BCUT2D eigenvalue weighted by Crippen LogP contribution is 2.06. The van der Waals surface area contributed by atoms with Gasteiger partial charge in [-0.1, -0.05) is 6.92 Å². The molecule has 92 valence electrons. The van der Waals surface area contributed by atoms with Crippen LogP contribution >= 0.6 is 0 Å². The van der Waals surface area contributed by atoms with Crippen molar-refractivity contribution < 1.29 is 0 Å². The molecule has 1 atom stereocenters. The fourth-order valence-electron chi connectivity index (χ4n) is 1.79. The Morgan fingerprint density at radius 3 is 2.65 bits per heavy atom. The first-order chi connectivity index (χ1) is 8.17. The van der Waals surface area contributed by atoms with E-state index in [0.717, 1.165) is 24.9 Å². The molecule has 2 heterocycles. The summed E-state index contributed by atoms with van der Waals surface area (Å²) in [6, 6.07) is 0.228. The molecule has 2 aromatic heterocycles. The third kappa shape index (κ3) is 3.17. The van der Waals surface area contributed by atoms with Gasteiger partial charge in [0.2, 0.25) is 0 Å². The van der Waals surface area contributed by atoms with Crippen molar-refractivity contribution >= 4 is 0 Å². The van der Waals surface area contributed by atoms with Gasteiger partial charge in [-0.15, -0.1) is 0 Å². The Morgan fingerprint density at radius 1 is 1.24 bits per heavy atom. The summed E-state index contributed by atoms with van der Waals surface area (Å²) < 4.78 is 3.72. The van der Waals surface area contributed by atoms with E-state index in [1.807, 2.05) is 30.3 Å². The minimum absolute atomic E-state index is 0.228. The normalized spacial score (nSPS) is 12.9. The number of nitrogens with zero attached hydrogens (tertiary/aromatic N) is 4. The zero-order chi connectivity index (χ0) is 12.3. The predicted molar refractivity (Wildman–Crippen MR) is 66.5 cm³/mol. The van der Waals surface area contributed by atoms with E-state index in [9.17, 15) is 0 Å². The van der Waals surface area contributed by atoms with E-state index in [-0.39, 0.29) is 6.04 Å². The van der Waals surface area contributed by atoms with Gasteiger partial charge in [0.05, 0.1) is 18.9 Å². The first-order valence-electron chi connectivity index (χ1n) is 5.91. The van der Waals surface area contributed by atoms with E-state index in [1.165, 1.54) is 5.56 Å². The highest BCUT2D eigenvalue weighted by atomic mass is 15.3. The van der Waals surface area contributed by atoms with E-state index in [4.69, 9.17) is 5.73 Å². The van der Waals surface area contributed by atoms with Crippen molar-refractivity contribution in [3.63, 3.8) is 0 Å². The van der Waals surface area contributed by atoms with E-state index < -0.39 is 0 Å². The van der Waals surface area contributed by atoms with Crippen LogP contribution in [0.3, 0.4) is 0 Å². The standard InChI is InChI=1S/C12H19N5/c1-3-12(13)4-10-5-15-17(8-10)9-11-6-14-16(2)7-11/h5-8,12H,3-4,9,13H2,1-2H3. The van der Waals surface area contributed by atoms with Crippen LogP contribution in [0.15, 0.2) is 24.8 Å². The molecule has 0 fully saturated rings. The second-order valence-electron chi connectivity index (χ2n) is 4.44. The summed E-state index contributed by atoms with van der Waals surface area (Å²) in [5.41, 5.74) is 8.27. The second kappa shape index (κ2) is 5.14. The van der Waals surface area contributed by atoms with Crippen molar-refractivity contribution in [1.82, 2.24) is 19.6 Å². The molecule has 0 radical (unpaired) electrons.